The predicted octanol–water partition coefficient (Wildman–Crippen LogP) is 15.1. The molecule has 4 heteroatoms. The Kier molecular flexibility index (Phi) is 8.88. The molecule has 0 spiro atoms. The number of aryl methyl sites for hydroxylation is 1. The van der Waals surface area contributed by atoms with Gasteiger partial charge in [-0.25, -0.2) is 4.98 Å². The lowest BCUT2D eigenvalue weighted by Gasteiger charge is -2.26. The van der Waals surface area contributed by atoms with Gasteiger partial charge in [0, 0.05) is 28.5 Å². The summed E-state index contributed by atoms with van der Waals surface area (Å²) in [4.78, 5) is 10.4. The van der Waals surface area contributed by atoms with Crippen LogP contribution in [-0.2, 0) is 16.2 Å². The Labute approximate surface area is 363 Å². The van der Waals surface area contributed by atoms with E-state index in [1.807, 2.05) is 12.1 Å². The standard InChI is InChI=1S/C56H57N3O/c1-11-56(9,10)42-25-26-49(45(35-42)38-21-16-13-17-22-38)59-50-24-18-23-44(51(50)58-53(59)46-29-36(2)30-47(52(46)60)55(6,7)8)40-31-41(33-43(32-40)54(3,4)5)48-34-39(27-28-57-48)37-19-14-12-15-20-37/h12-35,60H,11H2,1-10H3/i12D,14D,15D,19D,20D. The first kappa shape index (κ1) is 34.6. The second-order valence-electron chi connectivity index (χ2n) is 18.7. The van der Waals surface area contributed by atoms with Crippen LogP contribution in [0.4, 0.5) is 0 Å². The van der Waals surface area contributed by atoms with E-state index >= 15 is 0 Å². The van der Waals surface area contributed by atoms with Crippen molar-refractivity contribution < 1.29 is 12.0 Å². The number of hydrogen-bond donors (Lipinski definition) is 1. The van der Waals surface area contributed by atoms with Crippen molar-refractivity contribution >= 4 is 11.0 Å². The second-order valence-corrected chi connectivity index (χ2v) is 18.7. The number of aromatic nitrogens is 3. The predicted molar refractivity (Wildman–Crippen MR) is 253 cm³/mol. The van der Waals surface area contributed by atoms with E-state index in [0.717, 1.165) is 67.6 Å². The van der Waals surface area contributed by atoms with Gasteiger partial charge < -0.3 is 5.11 Å². The van der Waals surface area contributed by atoms with E-state index in [1.165, 1.54) is 5.56 Å². The number of nitrogens with zero attached hydrogens (tertiary/aromatic N) is 3. The molecule has 60 heavy (non-hydrogen) atoms. The fraction of sp³-hybridized carbons (Fsp3) is 0.250. The van der Waals surface area contributed by atoms with E-state index in [1.54, 1.807) is 18.3 Å². The van der Waals surface area contributed by atoms with Crippen molar-refractivity contribution in [3.8, 4) is 67.5 Å². The minimum absolute atomic E-state index is 0.0651. The number of phenols is 1. The van der Waals surface area contributed by atoms with Gasteiger partial charge in [0.25, 0.3) is 0 Å². The number of imidazole rings is 1. The quantitative estimate of drug-likeness (QED) is 0.167. The molecule has 2 heterocycles. The molecule has 8 aromatic rings. The van der Waals surface area contributed by atoms with Crippen LogP contribution in [0.15, 0.2) is 146 Å². The molecule has 0 saturated carbocycles. The van der Waals surface area contributed by atoms with Crippen LogP contribution in [0.5, 0.6) is 5.75 Å². The molecule has 0 saturated heterocycles. The number of rotatable bonds is 8. The zero-order valence-electron chi connectivity index (χ0n) is 41.5. The fourth-order valence-corrected chi connectivity index (χ4v) is 7.99. The fourth-order valence-electron chi connectivity index (χ4n) is 7.99. The first-order valence-corrected chi connectivity index (χ1v) is 20.9. The van der Waals surface area contributed by atoms with Crippen molar-refractivity contribution in [2.45, 2.75) is 91.9 Å². The molecular weight excluding hydrogens is 731 g/mol. The summed E-state index contributed by atoms with van der Waals surface area (Å²) in [5.41, 5.74) is 12.7. The van der Waals surface area contributed by atoms with Crippen LogP contribution in [0.1, 0.15) is 97.8 Å². The number of phenolic OH excluding ortho intramolecular Hbond substituents is 1. The summed E-state index contributed by atoms with van der Waals surface area (Å²) in [5.74, 6) is 0.826. The zero-order valence-corrected chi connectivity index (χ0v) is 36.5. The summed E-state index contributed by atoms with van der Waals surface area (Å²) in [6.45, 7) is 21.7. The molecule has 0 unspecified atom stereocenters. The van der Waals surface area contributed by atoms with Gasteiger partial charge in [-0.15, -0.1) is 0 Å². The van der Waals surface area contributed by atoms with Gasteiger partial charge in [0.1, 0.15) is 11.6 Å². The molecule has 302 valence electrons. The molecule has 0 radical (unpaired) electrons. The molecule has 0 amide bonds. The summed E-state index contributed by atoms with van der Waals surface area (Å²) >= 11 is 0. The van der Waals surface area contributed by atoms with E-state index in [-0.39, 0.29) is 51.7 Å². The third-order valence-corrected chi connectivity index (χ3v) is 11.9. The molecule has 8 rings (SSSR count). The second kappa shape index (κ2) is 15.4. The van der Waals surface area contributed by atoms with Crippen molar-refractivity contribution in [3.05, 3.63) is 168 Å². The summed E-state index contributed by atoms with van der Waals surface area (Å²) in [5, 5.41) is 12.3. The molecule has 1 N–H and O–H groups in total. The maximum atomic E-state index is 12.3. The van der Waals surface area contributed by atoms with Gasteiger partial charge in [-0.3, -0.25) is 9.55 Å². The lowest BCUT2D eigenvalue weighted by Crippen LogP contribution is -2.16. The van der Waals surface area contributed by atoms with Gasteiger partial charge in [-0.2, -0.15) is 0 Å². The highest BCUT2D eigenvalue weighted by atomic mass is 16.3. The van der Waals surface area contributed by atoms with Gasteiger partial charge >= 0.3 is 0 Å². The van der Waals surface area contributed by atoms with E-state index in [9.17, 15) is 5.11 Å². The van der Waals surface area contributed by atoms with Gasteiger partial charge in [0.2, 0.25) is 0 Å². The van der Waals surface area contributed by atoms with E-state index < -0.39 is 6.04 Å². The van der Waals surface area contributed by atoms with Gasteiger partial charge in [0.05, 0.1) is 34.8 Å². The lowest BCUT2D eigenvalue weighted by molar-refractivity contribution is 0.448. The highest BCUT2D eigenvalue weighted by Gasteiger charge is 2.28. The number of para-hydroxylation sites is 1. The number of hydrogen-bond acceptors (Lipinski definition) is 3. The van der Waals surface area contributed by atoms with Crippen molar-refractivity contribution in [1.29, 1.82) is 0 Å². The minimum atomic E-state index is -0.429. The molecular formula is C56H57N3O. The van der Waals surface area contributed by atoms with Gasteiger partial charge in [-0.05, 0) is 117 Å². The molecule has 0 atom stereocenters. The van der Waals surface area contributed by atoms with Crippen molar-refractivity contribution in [3.63, 3.8) is 0 Å². The van der Waals surface area contributed by atoms with Crippen molar-refractivity contribution in [2.24, 2.45) is 0 Å². The number of aromatic hydroxyl groups is 1. The van der Waals surface area contributed by atoms with Crippen LogP contribution >= 0.6 is 0 Å². The van der Waals surface area contributed by atoms with Crippen LogP contribution in [0.25, 0.3) is 72.7 Å². The largest absolute Gasteiger partial charge is 0.507 e. The Morgan fingerprint density at radius 3 is 2.05 bits per heavy atom. The Balaban J connectivity index is 1.43. The van der Waals surface area contributed by atoms with Gasteiger partial charge in [-0.1, -0.05) is 153 Å². The van der Waals surface area contributed by atoms with Crippen LogP contribution in [0, 0.1) is 6.92 Å². The summed E-state index contributed by atoms with van der Waals surface area (Å²) in [6, 6.07) is 35.8. The Morgan fingerprint density at radius 2 is 1.35 bits per heavy atom. The highest BCUT2D eigenvalue weighted by Crippen LogP contribution is 2.45. The van der Waals surface area contributed by atoms with Crippen LogP contribution in [-0.4, -0.2) is 19.6 Å². The van der Waals surface area contributed by atoms with Crippen LogP contribution in [0.3, 0.4) is 0 Å². The van der Waals surface area contributed by atoms with Crippen LogP contribution in [0.2, 0.25) is 0 Å². The lowest BCUT2D eigenvalue weighted by atomic mass is 9.81. The van der Waals surface area contributed by atoms with E-state index in [2.05, 4.69) is 159 Å². The van der Waals surface area contributed by atoms with Gasteiger partial charge in [0.15, 0.2) is 0 Å². The molecule has 0 aliphatic rings. The molecule has 0 fully saturated rings. The Morgan fingerprint density at radius 1 is 0.617 bits per heavy atom. The third-order valence-electron chi connectivity index (χ3n) is 11.9. The van der Waals surface area contributed by atoms with Crippen LogP contribution < -0.4 is 0 Å². The Bertz CT molecular complexity index is 3130. The molecule has 0 aliphatic heterocycles. The maximum absolute atomic E-state index is 12.3. The molecule has 2 aromatic heterocycles. The van der Waals surface area contributed by atoms with Crippen molar-refractivity contribution in [2.75, 3.05) is 0 Å². The highest BCUT2D eigenvalue weighted by molar-refractivity contribution is 5.98. The molecule has 0 bridgehead atoms. The normalized spacial score (nSPS) is 13.5. The average Bonchev–Trinajstić information content (AvgIpc) is 3.67. The SMILES string of the molecule is [2H]c1c([2H])c([2H])c(-c2ccnc(-c3cc(-c4cccc5c4nc(-c4cc(C)cc(C(C)(C)C)c4O)n5-c4ccc(C(C)(C)CC)cc4-c4ccccc4)cc(C(C)(C)C)c3)c2)c([2H])c1[2H]. The topological polar surface area (TPSA) is 50.9 Å². The minimum Gasteiger partial charge on any atom is -0.507 e. The molecule has 6 aromatic carbocycles. The smallest absolute Gasteiger partial charge is 0.149 e. The first-order chi connectivity index (χ1) is 30.6. The molecule has 0 aliphatic carbocycles. The monoisotopic (exact) mass is 792 g/mol. The zero-order chi connectivity index (χ0) is 46.9. The Hall–Kier alpha value is -6.26. The first-order valence-electron chi connectivity index (χ1n) is 23.4. The average molecular weight is 793 g/mol. The van der Waals surface area contributed by atoms with E-state index in [4.69, 9.17) is 16.8 Å². The third kappa shape index (κ3) is 7.68. The summed E-state index contributed by atoms with van der Waals surface area (Å²) < 4.78 is 44.4. The van der Waals surface area contributed by atoms with Crippen molar-refractivity contribution in [1.82, 2.24) is 14.5 Å². The summed E-state index contributed by atoms with van der Waals surface area (Å²) in [6.07, 6.45) is 2.60. The summed E-state index contributed by atoms with van der Waals surface area (Å²) in [7, 11) is 0. The number of fused-ring (bicyclic) bond motifs is 1. The van der Waals surface area contributed by atoms with E-state index in [0.29, 0.717) is 22.6 Å². The number of pyridine rings is 1. The molecule has 4 nitrogen and oxygen atoms in total. The maximum Gasteiger partial charge on any atom is 0.149 e. The number of benzene rings is 6.